The van der Waals surface area contributed by atoms with E-state index in [4.69, 9.17) is 11.6 Å². The van der Waals surface area contributed by atoms with Gasteiger partial charge in [0.2, 0.25) is 5.91 Å². The van der Waals surface area contributed by atoms with Crippen LogP contribution >= 0.6 is 11.6 Å². The number of hydrogen-bond donors (Lipinski definition) is 2. The number of rotatable bonds is 5. The molecule has 1 aromatic carbocycles. The minimum Gasteiger partial charge on any atom is -0.352 e. The first-order valence-electron chi connectivity index (χ1n) is 5.41. The van der Waals surface area contributed by atoms with Crippen LogP contribution in [0.4, 0.5) is 5.69 Å². The smallest absolute Gasteiger partial charge is 0.251 e. The van der Waals surface area contributed by atoms with E-state index in [9.17, 15) is 9.59 Å². The highest BCUT2D eigenvalue weighted by Gasteiger charge is 2.05. The monoisotopic (exact) mass is 254 g/mol. The second kappa shape index (κ2) is 6.91. The summed E-state index contributed by atoms with van der Waals surface area (Å²) in [5.41, 5.74) is 1.23. The van der Waals surface area contributed by atoms with Crippen LogP contribution in [-0.2, 0) is 4.79 Å². The van der Waals surface area contributed by atoms with E-state index in [1.165, 1.54) is 0 Å². The number of amides is 2. The molecule has 92 valence electrons. The molecule has 0 aliphatic carbocycles. The van der Waals surface area contributed by atoms with Crippen LogP contribution in [0.2, 0.25) is 0 Å². The van der Waals surface area contributed by atoms with Gasteiger partial charge in [0.1, 0.15) is 0 Å². The molecule has 17 heavy (non-hydrogen) atoms. The topological polar surface area (TPSA) is 58.2 Å². The number of nitrogens with one attached hydrogen (secondary N) is 2. The van der Waals surface area contributed by atoms with Gasteiger partial charge in [0, 0.05) is 30.1 Å². The number of hydrogen-bond acceptors (Lipinski definition) is 2. The Labute approximate surface area is 105 Å². The fourth-order valence-corrected chi connectivity index (χ4v) is 1.45. The van der Waals surface area contributed by atoms with E-state index in [0.29, 0.717) is 23.7 Å². The van der Waals surface area contributed by atoms with Gasteiger partial charge in [-0.05, 0) is 31.2 Å². The zero-order valence-corrected chi connectivity index (χ0v) is 10.4. The standard InChI is InChI=1S/C12H15ClN2O2/c1-2-14-12(17)9-3-5-10(6-4-9)15-11(16)7-8-13/h3-6H,2,7-8H2,1H3,(H,14,17)(H,15,16). The Kier molecular flexibility index (Phi) is 5.49. The molecule has 0 spiro atoms. The first kappa shape index (κ1) is 13.5. The lowest BCUT2D eigenvalue weighted by atomic mass is 10.2. The van der Waals surface area contributed by atoms with Crippen molar-refractivity contribution in [2.75, 3.05) is 17.7 Å². The highest BCUT2D eigenvalue weighted by atomic mass is 35.5. The molecular formula is C12H15ClN2O2. The Hall–Kier alpha value is -1.55. The van der Waals surface area contributed by atoms with Crippen molar-refractivity contribution in [2.24, 2.45) is 0 Å². The Bertz CT molecular complexity index is 390. The molecule has 0 bridgehead atoms. The molecule has 2 amide bonds. The van der Waals surface area contributed by atoms with Crippen molar-refractivity contribution >= 4 is 29.1 Å². The average Bonchev–Trinajstić information content (AvgIpc) is 2.30. The maximum Gasteiger partial charge on any atom is 0.251 e. The Morgan fingerprint density at radius 1 is 1.24 bits per heavy atom. The molecule has 0 heterocycles. The van der Waals surface area contributed by atoms with Crippen LogP contribution in [-0.4, -0.2) is 24.2 Å². The van der Waals surface area contributed by atoms with Crippen molar-refractivity contribution in [2.45, 2.75) is 13.3 Å². The van der Waals surface area contributed by atoms with E-state index in [1.807, 2.05) is 6.92 Å². The van der Waals surface area contributed by atoms with Gasteiger partial charge < -0.3 is 10.6 Å². The van der Waals surface area contributed by atoms with Gasteiger partial charge in [0.15, 0.2) is 0 Å². The van der Waals surface area contributed by atoms with Gasteiger partial charge in [-0.2, -0.15) is 0 Å². The second-order valence-corrected chi connectivity index (χ2v) is 3.80. The Balaban J connectivity index is 2.61. The molecule has 0 fully saturated rings. The van der Waals surface area contributed by atoms with Crippen LogP contribution in [0.25, 0.3) is 0 Å². The molecular weight excluding hydrogens is 240 g/mol. The molecule has 2 N–H and O–H groups in total. The van der Waals surface area contributed by atoms with Crippen molar-refractivity contribution < 1.29 is 9.59 Å². The van der Waals surface area contributed by atoms with Gasteiger partial charge in [-0.15, -0.1) is 11.6 Å². The fraction of sp³-hybridized carbons (Fsp3) is 0.333. The third-order valence-corrected chi connectivity index (χ3v) is 2.28. The lowest BCUT2D eigenvalue weighted by Gasteiger charge is -2.05. The molecule has 1 aromatic rings. The zero-order chi connectivity index (χ0) is 12.7. The lowest BCUT2D eigenvalue weighted by molar-refractivity contribution is -0.115. The number of halogens is 1. The minimum absolute atomic E-state index is 0.119. The summed E-state index contributed by atoms with van der Waals surface area (Å²) in [5, 5.41) is 5.38. The van der Waals surface area contributed by atoms with Crippen molar-refractivity contribution in [1.82, 2.24) is 5.32 Å². The van der Waals surface area contributed by atoms with E-state index in [1.54, 1.807) is 24.3 Å². The van der Waals surface area contributed by atoms with Gasteiger partial charge in [0.25, 0.3) is 5.91 Å². The average molecular weight is 255 g/mol. The van der Waals surface area contributed by atoms with Crippen LogP contribution in [0.15, 0.2) is 24.3 Å². The lowest BCUT2D eigenvalue weighted by Crippen LogP contribution is -2.22. The molecule has 0 saturated heterocycles. The van der Waals surface area contributed by atoms with Gasteiger partial charge in [-0.3, -0.25) is 9.59 Å². The summed E-state index contributed by atoms with van der Waals surface area (Å²) < 4.78 is 0. The molecule has 5 heteroatoms. The molecule has 0 aliphatic rings. The number of carbonyl (C=O) groups excluding carboxylic acids is 2. The van der Waals surface area contributed by atoms with E-state index in [2.05, 4.69) is 10.6 Å². The third-order valence-electron chi connectivity index (χ3n) is 2.09. The maximum absolute atomic E-state index is 11.5. The number of anilines is 1. The predicted octanol–water partition coefficient (Wildman–Crippen LogP) is 2.00. The van der Waals surface area contributed by atoms with Crippen LogP contribution < -0.4 is 10.6 Å². The van der Waals surface area contributed by atoms with E-state index >= 15 is 0 Å². The molecule has 1 rings (SSSR count). The van der Waals surface area contributed by atoms with Gasteiger partial charge >= 0.3 is 0 Å². The molecule has 0 saturated carbocycles. The van der Waals surface area contributed by atoms with Crippen molar-refractivity contribution in [3.8, 4) is 0 Å². The van der Waals surface area contributed by atoms with E-state index in [-0.39, 0.29) is 18.2 Å². The normalized spacial score (nSPS) is 9.76. The minimum atomic E-state index is -0.134. The first-order chi connectivity index (χ1) is 8.17. The second-order valence-electron chi connectivity index (χ2n) is 3.42. The van der Waals surface area contributed by atoms with Crippen LogP contribution in [0, 0.1) is 0 Å². The molecule has 0 aliphatic heterocycles. The van der Waals surface area contributed by atoms with Gasteiger partial charge in [-0.1, -0.05) is 0 Å². The highest BCUT2D eigenvalue weighted by molar-refractivity contribution is 6.19. The number of carbonyl (C=O) groups is 2. The van der Waals surface area contributed by atoms with E-state index in [0.717, 1.165) is 0 Å². The maximum atomic E-state index is 11.5. The zero-order valence-electron chi connectivity index (χ0n) is 9.63. The van der Waals surface area contributed by atoms with Crippen LogP contribution in [0.1, 0.15) is 23.7 Å². The van der Waals surface area contributed by atoms with E-state index < -0.39 is 0 Å². The number of alkyl halides is 1. The summed E-state index contributed by atoms with van der Waals surface area (Å²) in [5.74, 6) is 0.0416. The quantitative estimate of drug-likeness (QED) is 0.790. The third kappa shape index (κ3) is 4.44. The molecule has 0 atom stereocenters. The summed E-state index contributed by atoms with van der Waals surface area (Å²) >= 11 is 5.45. The van der Waals surface area contributed by atoms with Gasteiger partial charge in [-0.25, -0.2) is 0 Å². The largest absolute Gasteiger partial charge is 0.352 e. The molecule has 0 aromatic heterocycles. The van der Waals surface area contributed by atoms with Crippen LogP contribution in [0.5, 0.6) is 0 Å². The van der Waals surface area contributed by atoms with Gasteiger partial charge in [0.05, 0.1) is 0 Å². The predicted molar refractivity (Wildman–Crippen MR) is 68.4 cm³/mol. The molecule has 0 unspecified atom stereocenters. The SMILES string of the molecule is CCNC(=O)c1ccc(NC(=O)CCCl)cc1. The number of benzene rings is 1. The summed E-state index contributed by atoms with van der Waals surface area (Å²) in [4.78, 5) is 22.7. The highest BCUT2D eigenvalue weighted by Crippen LogP contribution is 2.10. The summed E-state index contributed by atoms with van der Waals surface area (Å²) in [6.07, 6.45) is 0.277. The summed E-state index contributed by atoms with van der Waals surface area (Å²) in [6.45, 7) is 2.45. The molecule has 4 nitrogen and oxygen atoms in total. The first-order valence-corrected chi connectivity index (χ1v) is 5.95. The summed E-state index contributed by atoms with van der Waals surface area (Å²) in [7, 11) is 0. The Morgan fingerprint density at radius 2 is 1.88 bits per heavy atom. The van der Waals surface area contributed by atoms with Crippen molar-refractivity contribution in [3.63, 3.8) is 0 Å². The van der Waals surface area contributed by atoms with Crippen molar-refractivity contribution in [1.29, 1.82) is 0 Å². The molecule has 0 radical (unpaired) electrons. The summed E-state index contributed by atoms with van der Waals surface area (Å²) in [6, 6.07) is 6.72. The van der Waals surface area contributed by atoms with Crippen LogP contribution in [0.3, 0.4) is 0 Å². The Morgan fingerprint density at radius 3 is 2.41 bits per heavy atom. The van der Waals surface area contributed by atoms with Crippen molar-refractivity contribution in [3.05, 3.63) is 29.8 Å². The fourth-order valence-electron chi connectivity index (χ4n) is 1.28.